The summed E-state index contributed by atoms with van der Waals surface area (Å²) in [5, 5.41) is 0. The van der Waals surface area contributed by atoms with Crippen molar-refractivity contribution >= 4 is 5.57 Å². The van der Waals surface area contributed by atoms with Crippen molar-refractivity contribution in [2.45, 2.75) is 39.0 Å². The first-order valence-electron chi connectivity index (χ1n) is 7.45. The van der Waals surface area contributed by atoms with Crippen LogP contribution < -0.4 is 0 Å². The summed E-state index contributed by atoms with van der Waals surface area (Å²) in [6, 6.07) is 2.11. The smallest absolute Gasteiger partial charge is 0.108 e. The Labute approximate surface area is 109 Å². The van der Waals surface area contributed by atoms with Gasteiger partial charge in [0.05, 0.1) is 6.26 Å². The topological polar surface area (TPSA) is 13.1 Å². The van der Waals surface area contributed by atoms with Gasteiger partial charge in [-0.3, -0.25) is 0 Å². The van der Waals surface area contributed by atoms with E-state index in [1.807, 2.05) is 6.26 Å². The summed E-state index contributed by atoms with van der Waals surface area (Å²) in [5.74, 6) is 5.72. The van der Waals surface area contributed by atoms with Gasteiger partial charge < -0.3 is 4.42 Å². The zero-order valence-electron chi connectivity index (χ0n) is 11.2. The highest BCUT2D eigenvalue weighted by atomic mass is 16.3. The molecule has 4 fully saturated rings. The second-order valence-electron chi connectivity index (χ2n) is 6.87. The van der Waals surface area contributed by atoms with Gasteiger partial charge in [0.25, 0.3) is 0 Å². The standard InChI is InChI=1S/C17H22O/c1-10(16-3-4-18-11(16)2)17-14-6-12-5-13(8-14)9-15(17)7-12/h3-4,12-15,17H,1,5-9H2,2H3. The van der Waals surface area contributed by atoms with Gasteiger partial charge in [0.1, 0.15) is 5.76 Å². The SMILES string of the molecule is C=C(c1ccoc1C)C1C2CC3CC(C2)CC1C3. The summed E-state index contributed by atoms with van der Waals surface area (Å²) in [4.78, 5) is 0. The third kappa shape index (κ3) is 1.46. The van der Waals surface area contributed by atoms with Gasteiger partial charge in [-0.1, -0.05) is 6.58 Å². The van der Waals surface area contributed by atoms with Gasteiger partial charge in [0.2, 0.25) is 0 Å². The van der Waals surface area contributed by atoms with Gasteiger partial charge in [0, 0.05) is 5.56 Å². The molecule has 0 aliphatic heterocycles. The molecule has 1 heterocycles. The number of allylic oxidation sites excluding steroid dienone is 1. The van der Waals surface area contributed by atoms with E-state index in [0.29, 0.717) is 0 Å². The van der Waals surface area contributed by atoms with Crippen LogP contribution in [0.5, 0.6) is 0 Å². The highest BCUT2D eigenvalue weighted by Gasteiger charge is 2.49. The molecule has 0 aromatic carbocycles. The summed E-state index contributed by atoms with van der Waals surface area (Å²) >= 11 is 0. The maximum atomic E-state index is 5.47. The van der Waals surface area contributed by atoms with Crippen LogP contribution in [0, 0.1) is 36.5 Å². The Balaban J connectivity index is 1.65. The lowest BCUT2D eigenvalue weighted by Gasteiger charge is -2.55. The summed E-state index contributed by atoms with van der Waals surface area (Å²) in [6.07, 6.45) is 9.20. The van der Waals surface area contributed by atoms with Crippen LogP contribution in [0.3, 0.4) is 0 Å². The molecule has 1 aromatic rings. The number of hydrogen-bond donors (Lipinski definition) is 0. The van der Waals surface area contributed by atoms with Crippen LogP contribution in [0.4, 0.5) is 0 Å². The Bertz CT molecular complexity index is 454. The molecule has 4 aliphatic carbocycles. The van der Waals surface area contributed by atoms with Crippen LogP contribution in [0.2, 0.25) is 0 Å². The predicted octanol–water partition coefficient (Wildman–Crippen LogP) is 4.67. The summed E-state index contributed by atoms with van der Waals surface area (Å²) in [6.45, 7) is 6.51. The average molecular weight is 242 g/mol. The fraction of sp³-hybridized carbons (Fsp3) is 0.647. The average Bonchev–Trinajstić information content (AvgIpc) is 2.73. The minimum Gasteiger partial charge on any atom is -0.469 e. The maximum Gasteiger partial charge on any atom is 0.108 e. The maximum absolute atomic E-state index is 5.47. The van der Waals surface area contributed by atoms with Crippen molar-refractivity contribution in [2.24, 2.45) is 29.6 Å². The molecular formula is C17H22O. The van der Waals surface area contributed by atoms with Crippen molar-refractivity contribution < 1.29 is 4.42 Å². The summed E-state index contributed by atoms with van der Waals surface area (Å²) < 4.78 is 5.47. The van der Waals surface area contributed by atoms with Gasteiger partial charge in [0.15, 0.2) is 0 Å². The van der Waals surface area contributed by atoms with E-state index in [9.17, 15) is 0 Å². The predicted molar refractivity (Wildman–Crippen MR) is 73.0 cm³/mol. The molecule has 1 heteroatoms. The molecule has 0 spiro atoms. The van der Waals surface area contributed by atoms with Crippen LogP contribution in [0.1, 0.15) is 43.4 Å². The third-order valence-corrected chi connectivity index (χ3v) is 5.83. The second kappa shape index (κ2) is 3.76. The van der Waals surface area contributed by atoms with E-state index in [1.54, 1.807) is 0 Å². The summed E-state index contributed by atoms with van der Waals surface area (Å²) in [5.41, 5.74) is 2.66. The monoisotopic (exact) mass is 242 g/mol. The van der Waals surface area contributed by atoms with Gasteiger partial charge in [-0.05, 0) is 80.3 Å². The minimum absolute atomic E-state index is 0.745. The zero-order valence-corrected chi connectivity index (χ0v) is 11.2. The van der Waals surface area contributed by atoms with Crippen molar-refractivity contribution in [3.63, 3.8) is 0 Å². The first-order valence-corrected chi connectivity index (χ1v) is 7.45. The van der Waals surface area contributed by atoms with Crippen LogP contribution in [0.15, 0.2) is 23.3 Å². The Morgan fingerprint density at radius 2 is 1.72 bits per heavy atom. The zero-order chi connectivity index (χ0) is 12.3. The number of rotatable bonds is 2. The van der Waals surface area contributed by atoms with Gasteiger partial charge >= 0.3 is 0 Å². The summed E-state index contributed by atoms with van der Waals surface area (Å²) in [7, 11) is 0. The molecule has 0 radical (unpaired) electrons. The lowest BCUT2D eigenvalue weighted by Crippen LogP contribution is -2.45. The second-order valence-corrected chi connectivity index (χ2v) is 6.87. The molecule has 4 saturated carbocycles. The van der Waals surface area contributed by atoms with Crippen molar-refractivity contribution in [1.29, 1.82) is 0 Å². The van der Waals surface area contributed by atoms with E-state index in [4.69, 9.17) is 4.42 Å². The van der Waals surface area contributed by atoms with E-state index in [0.717, 1.165) is 35.3 Å². The molecular weight excluding hydrogens is 220 g/mol. The van der Waals surface area contributed by atoms with Crippen LogP contribution >= 0.6 is 0 Å². The first kappa shape index (κ1) is 10.9. The molecule has 0 N–H and O–H groups in total. The number of hydrogen-bond acceptors (Lipinski definition) is 1. The quantitative estimate of drug-likeness (QED) is 0.734. The van der Waals surface area contributed by atoms with E-state index in [1.165, 1.54) is 43.2 Å². The molecule has 5 rings (SSSR count). The minimum atomic E-state index is 0.745. The van der Waals surface area contributed by atoms with Gasteiger partial charge in [-0.15, -0.1) is 0 Å². The lowest BCUT2D eigenvalue weighted by molar-refractivity contribution is -0.0119. The lowest BCUT2D eigenvalue weighted by atomic mass is 9.50. The van der Waals surface area contributed by atoms with Gasteiger partial charge in [-0.25, -0.2) is 0 Å². The van der Waals surface area contributed by atoms with Crippen LogP contribution in [-0.2, 0) is 0 Å². The molecule has 0 atom stereocenters. The Morgan fingerprint density at radius 1 is 1.11 bits per heavy atom. The van der Waals surface area contributed by atoms with Crippen LogP contribution in [0.25, 0.3) is 5.57 Å². The number of aryl methyl sites for hydroxylation is 1. The van der Waals surface area contributed by atoms with E-state index < -0.39 is 0 Å². The molecule has 0 unspecified atom stereocenters. The highest BCUT2D eigenvalue weighted by molar-refractivity contribution is 5.67. The normalized spacial score (nSPS) is 41.3. The number of furan rings is 1. The third-order valence-electron chi connectivity index (χ3n) is 5.83. The van der Waals surface area contributed by atoms with Crippen molar-refractivity contribution in [3.8, 4) is 0 Å². The Hall–Kier alpha value is -0.980. The fourth-order valence-corrected chi connectivity index (χ4v) is 5.39. The van der Waals surface area contributed by atoms with E-state index >= 15 is 0 Å². The van der Waals surface area contributed by atoms with Crippen molar-refractivity contribution in [3.05, 3.63) is 30.2 Å². The fourth-order valence-electron chi connectivity index (χ4n) is 5.39. The van der Waals surface area contributed by atoms with Crippen molar-refractivity contribution in [1.82, 2.24) is 0 Å². The Kier molecular flexibility index (Phi) is 2.27. The Morgan fingerprint density at radius 3 is 2.22 bits per heavy atom. The van der Waals surface area contributed by atoms with Gasteiger partial charge in [-0.2, -0.15) is 0 Å². The molecule has 1 nitrogen and oxygen atoms in total. The molecule has 1 aromatic heterocycles. The molecule has 4 aliphatic rings. The molecule has 4 bridgehead atoms. The molecule has 96 valence electrons. The van der Waals surface area contributed by atoms with E-state index in [2.05, 4.69) is 19.6 Å². The van der Waals surface area contributed by atoms with E-state index in [-0.39, 0.29) is 0 Å². The van der Waals surface area contributed by atoms with Crippen molar-refractivity contribution in [2.75, 3.05) is 0 Å². The molecule has 0 amide bonds. The van der Waals surface area contributed by atoms with Crippen LogP contribution in [-0.4, -0.2) is 0 Å². The molecule has 18 heavy (non-hydrogen) atoms. The molecule has 0 saturated heterocycles. The first-order chi connectivity index (χ1) is 8.72. The highest BCUT2D eigenvalue weighted by Crippen LogP contribution is 2.59. The largest absolute Gasteiger partial charge is 0.469 e.